The zero-order chi connectivity index (χ0) is 5.49. The Kier molecular flexibility index (Phi) is 2.49. The second kappa shape index (κ2) is 2.40. The minimum absolute atomic E-state index is 0.250. The molecule has 0 radical (unpaired) electrons. The maximum Gasteiger partial charge on any atom is 0.0338 e. The van der Waals surface area contributed by atoms with Crippen molar-refractivity contribution in [2.75, 3.05) is 10.2 Å². The molecule has 1 aliphatic rings. The highest BCUT2D eigenvalue weighted by molar-refractivity contribution is 9.93. The molecule has 0 aromatic carbocycles. The molecule has 0 nitrogen and oxygen atoms in total. The van der Waals surface area contributed by atoms with Gasteiger partial charge in [0.25, 0.3) is 0 Å². The predicted molar refractivity (Wildman–Crippen MR) is 53.1 cm³/mol. The van der Waals surface area contributed by atoms with Crippen molar-refractivity contribution in [3.05, 3.63) is 0 Å². The molecule has 0 atom stereocenters. The van der Waals surface area contributed by atoms with Crippen LogP contribution in [-0.2, 0) is 0 Å². The van der Waals surface area contributed by atoms with Gasteiger partial charge < -0.3 is 0 Å². The molecule has 5 heteroatoms. The lowest BCUT2D eigenvalue weighted by Gasteiger charge is -2.42. The van der Waals surface area contributed by atoms with E-state index in [0.29, 0.717) is 0 Å². The first kappa shape index (κ1) is 7.25. The summed E-state index contributed by atoms with van der Waals surface area (Å²) in [4.78, 5) is 0. The minimum Gasteiger partial charge on any atom is -0.176 e. The van der Waals surface area contributed by atoms with Crippen molar-refractivity contribution in [2.24, 2.45) is 0 Å². The van der Waals surface area contributed by atoms with Crippen LogP contribution in [0.1, 0.15) is 0 Å². The second-order valence-corrected chi connectivity index (χ2v) is 18.9. The molecule has 0 amide bonds. The molecule has 0 N–H and O–H groups in total. The van der Waals surface area contributed by atoms with Gasteiger partial charge in [-0.1, -0.05) is 0 Å². The molecule has 0 aromatic heterocycles. The van der Waals surface area contributed by atoms with Crippen molar-refractivity contribution in [3.8, 4) is 0 Å². The molecule has 0 spiro atoms. The largest absolute Gasteiger partial charge is 0.176 e. The van der Waals surface area contributed by atoms with E-state index in [1.807, 2.05) is 0 Å². The summed E-state index contributed by atoms with van der Waals surface area (Å²) in [5.74, 6) is 0. The van der Waals surface area contributed by atoms with E-state index in [1.54, 1.807) is 0 Å². The van der Waals surface area contributed by atoms with Crippen LogP contribution in [0.5, 0.6) is 0 Å². The van der Waals surface area contributed by atoms with E-state index in [0.717, 1.165) is 0 Å². The molecule has 1 saturated heterocycles. The van der Waals surface area contributed by atoms with Crippen LogP contribution in [-0.4, -0.2) is 10.2 Å². The fourth-order valence-electron chi connectivity index (χ4n) is 0.372. The van der Waals surface area contributed by atoms with Crippen LogP contribution >= 0.6 is 60.7 Å². The summed E-state index contributed by atoms with van der Waals surface area (Å²) >= 11 is 10.7. The molecule has 0 unspecified atom stereocenters. The van der Waals surface area contributed by atoms with Gasteiger partial charge in [-0.3, -0.25) is 0 Å². The Labute approximate surface area is 70.1 Å². The van der Waals surface area contributed by atoms with E-state index in [2.05, 4.69) is 44.4 Å². The predicted octanol–water partition coefficient (Wildman–Crippen LogP) is 3.65. The topological polar surface area (TPSA) is 0 Å². The Morgan fingerprint density at radius 1 is 1.29 bits per heavy atom. The third kappa shape index (κ3) is 2.08. The highest BCUT2D eigenvalue weighted by atomic mass is 79.9. The Bertz CT molecular complexity index is 75.0. The lowest BCUT2D eigenvalue weighted by atomic mass is 11.8. The van der Waals surface area contributed by atoms with Crippen molar-refractivity contribution in [1.82, 2.24) is 0 Å². The smallest absolute Gasteiger partial charge is 0.0338 e. The van der Waals surface area contributed by atoms with Crippen molar-refractivity contribution in [1.29, 1.82) is 0 Å². The summed E-state index contributed by atoms with van der Waals surface area (Å²) in [5.41, 5.74) is 0. The van der Waals surface area contributed by atoms with Crippen LogP contribution in [0.25, 0.3) is 0 Å². The normalized spacial score (nSPS) is 36.7. The zero-order valence-electron chi connectivity index (χ0n) is 3.40. The summed E-state index contributed by atoms with van der Waals surface area (Å²) in [5, 5.41) is 2.67. The van der Waals surface area contributed by atoms with Gasteiger partial charge in [-0.25, -0.2) is 0 Å². The third-order valence-corrected chi connectivity index (χ3v) is 17.0. The molecule has 0 bridgehead atoms. The second-order valence-electron chi connectivity index (χ2n) is 1.42. The quantitative estimate of drug-likeness (QED) is 0.643. The summed E-state index contributed by atoms with van der Waals surface area (Å²) in [6.45, 7) is -0.424. The Balaban J connectivity index is 2.29. The van der Waals surface area contributed by atoms with Crippen LogP contribution in [0.4, 0.5) is 0 Å². The monoisotopic (exact) mass is 330 g/mol. The van der Waals surface area contributed by atoms with Gasteiger partial charge in [0.05, 0.1) is 0 Å². The fourth-order valence-corrected chi connectivity index (χ4v) is 28.4. The van der Waals surface area contributed by atoms with E-state index in [1.165, 1.54) is 10.2 Å². The maximum absolute atomic E-state index is 3.59. The van der Waals surface area contributed by atoms with Gasteiger partial charge in [0.15, 0.2) is 0 Å². The van der Waals surface area contributed by atoms with Crippen molar-refractivity contribution < 1.29 is 0 Å². The van der Waals surface area contributed by atoms with Crippen LogP contribution in [0.15, 0.2) is 0 Å². The van der Waals surface area contributed by atoms with Crippen LogP contribution in [0.3, 0.4) is 0 Å². The fraction of sp³-hybridized carbons (Fsp3) is 1.00. The van der Waals surface area contributed by atoms with Crippen LogP contribution < -0.4 is 0 Å². The summed E-state index contributed by atoms with van der Waals surface area (Å²) in [6, 6.07) is 0. The molecular weight excluding hydrogens is 328 g/mol. The third-order valence-electron chi connectivity index (χ3n) is 0.658. The van der Waals surface area contributed by atoms with Gasteiger partial charge in [-0.15, -0.1) is 6.89 Å². The number of hydrogen-bond donors (Lipinski definition) is 1. The molecule has 1 aliphatic heterocycles. The number of rotatable bonds is 0. The van der Waals surface area contributed by atoms with Crippen molar-refractivity contribution in [3.63, 3.8) is 0 Å². The molecule has 7 heavy (non-hydrogen) atoms. The first-order valence-corrected chi connectivity index (χ1v) is 11.1. The maximum atomic E-state index is 3.59. The highest BCUT2D eigenvalue weighted by Crippen LogP contribution is 2.80. The van der Waals surface area contributed by atoms with Gasteiger partial charge in [-0.2, -0.15) is 9.33 Å². The summed E-state index contributed by atoms with van der Waals surface area (Å²) in [6.07, 6.45) is 0. The van der Waals surface area contributed by atoms with Gasteiger partial charge in [-0.05, 0) is 44.4 Å². The molecule has 1 rings (SSSR count). The van der Waals surface area contributed by atoms with E-state index in [-0.39, 0.29) is 9.33 Å². The molecule has 0 saturated carbocycles. The number of hydrogen-bond acceptors (Lipinski definition) is 0. The first-order chi connectivity index (χ1) is 3.10. The van der Waals surface area contributed by atoms with Gasteiger partial charge in [0.2, 0.25) is 0 Å². The zero-order valence-corrected chi connectivity index (χ0v) is 9.87. The molecule has 0 aliphatic carbocycles. The van der Waals surface area contributed by atoms with Crippen LogP contribution in [0, 0.1) is 0 Å². The lowest BCUT2D eigenvalue weighted by Crippen LogP contribution is -2.05. The first-order valence-electron chi connectivity index (χ1n) is 1.69. The average Bonchev–Trinajstić information content (AvgIpc) is 1.27. The standard InChI is InChI=1S/C2H5Br3S2/c3-6-1-7(4,5)2-6/h6H,1-2H2. The van der Waals surface area contributed by atoms with Crippen molar-refractivity contribution in [2.45, 2.75) is 0 Å². The molecular formula is C2H5Br3S2. The molecule has 46 valence electrons. The summed E-state index contributed by atoms with van der Waals surface area (Å²) in [7, 11) is 0.250. The van der Waals surface area contributed by atoms with E-state index >= 15 is 0 Å². The Morgan fingerprint density at radius 3 is 1.71 bits per heavy atom. The molecule has 0 aromatic rings. The van der Waals surface area contributed by atoms with Gasteiger partial charge in [0.1, 0.15) is 0 Å². The van der Waals surface area contributed by atoms with E-state index < -0.39 is 6.89 Å². The Morgan fingerprint density at radius 2 is 1.71 bits per heavy atom. The number of halogens is 3. The van der Waals surface area contributed by atoms with E-state index in [9.17, 15) is 0 Å². The van der Waals surface area contributed by atoms with E-state index in [4.69, 9.17) is 0 Å². The minimum atomic E-state index is -0.424. The van der Waals surface area contributed by atoms with Crippen LogP contribution in [0.2, 0.25) is 0 Å². The van der Waals surface area contributed by atoms with Gasteiger partial charge in [0, 0.05) is 10.2 Å². The SMILES string of the molecule is Br[SH]1CS(Br)(Br)C1. The summed E-state index contributed by atoms with van der Waals surface area (Å²) < 4.78 is 0. The highest BCUT2D eigenvalue weighted by Gasteiger charge is 2.30. The molecule has 1 fully saturated rings. The lowest BCUT2D eigenvalue weighted by molar-refractivity contribution is 2.01. The molecule has 1 heterocycles. The Hall–Kier alpha value is 2.14. The van der Waals surface area contributed by atoms with Crippen molar-refractivity contribution >= 4 is 60.7 Å². The van der Waals surface area contributed by atoms with Gasteiger partial charge >= 0.3 is 0 Å². The number of thiol groups is 1. The average molecular weight is 333 g/mol.